The highest BCUT2D eigenvalue weighted by Crippen LogP contribution is 2.21. The van der Waals surface area contributed by atoms with Gasteiger partial charge in [0.15, 0.2) is 0 Å². The van der Waals surface area contributed by atoms with Gasteiger partial charge in [0.05, 0.1) is 6.04 Å². The molecule has 146 valence electrons. The number of likely N-dealkylation sites (tertiary alicyclic amines) is 1. The lowest BCUT2D eigenvalue weighted by Crippen LogP contribution is -2.39. The topological polar surface area (TPSA) is 52.7 Å². The third kappa shape index (κ3) is 4.90. The van der Waals surface area contributed by atoms with Gasteiger partial charge in [0.2, 0.25) is 0 Å². The van der Waals surface area contributed by atoms with Crippen molar-refractivity contribution in [2.24, 2.45) is 5.92 Å². The van der Waals surface area contributed by atoms with Gasteiger partial charge in [0.1, 0.15) is 0 Å². The lowest BCUT2D eigenvalue weighted by atomic mass is 9.98. The van der Waals surface area contributed by atoms with Gasteiger partial charge in [-0.15, -0.1) is 0 Å². The van der Waals surface area contributed by atoms with Crippen LogP contribution in [0.5, 0.6) is 0 Å². The summed E-state index contributed by atoms with van der Waals surface area (Å²) in [6.45, 7) is 6.67. The Kier molecular flexibility index (Phi) is 6.54. The first-order valence-corrected chi connectivity index (χ1v) is 10.2. The molecule has 1 atom stereocenters. The molecule has 1 unspecified atom stereocenters. The van der Waals surface area contributed by atoms with E-state index in [0.717, 1.165) is 45.2 Å². The zero-order chi connectivity index (χ0) is 19.2. The summed E-state index contributed by atoms with van der Waals surface area (Å²) < 4.78 is 0. The smallest absolute Gasteiger partial charge is 0.322 e. The molecule has 1 aromatic carbocycles. The Labute approximate surface area is 162 Å². The third-order valence-corrected chi connectivity index (χ3v) is 5.61. The van der Waals surface area contributed by atoms with Gasteiger partial charge >= 0.3 is 6.03 Å². The molecule has 2 heterocycles. The molecule has 1 fully saturated rings. The molecule has 5 nitrogen and oxygen atoms in total. The van der Waals surface area contributed by atoms with Crippen LogP contribution in [0.25, 0.3) is 0 Å². The average molecular weight is 370 g/mol. The van der Waals surface area contributed by atoms with E-state index >= 15 is 0 Å². The van der Waals surface area contributed by atoms with Gasteiger partial charge in [0.25, 0.3) is 5.91 Å². The maximum absolute atomic E-state index is 12.8. The Hall–Kier alpha value is -2.30. The van der Waals surface area contributed by atoms with Crippen LogP contribution in [0.2, 0.25) is 0 Å². The number of hydrogen-bond acceptors (Lipinski definition) is 2. The summed E-state index contributed by atoms with van der Waals surface area (Å²) in [6, 6.07) is 7.38. The first-order valence-electron chi connectivity index (χ1n) is 10.2. The van der Waals surface area contributed by atoms with Gasteiger partial charge in [-0.25, -0.2) is 4.79 Å². The van der Waals surface area contributed by atoms with Gasteiger partial charge < -0.3 is 15.1 Å². The minimum Gasteiger partial charge on any atom is -0.339 e. The number of benzene rings is 1. The van der Waals surface area contributed by atoms with E-state index in [1.165, 1.54) is 0 Å². The van der Waals surface area contributed by atoms with E-state index in [4.69, 9.17) is 0 Å². The fourth-order valence-electron chi connectivity index (χ4n) is 3.79. The number of nitrogens with zero attached hydrogens (tertiary/aromatic N) is 2. The lowest BCUT2D eigenvalue weighted by molar-refractivity contribution is 0.0697. The SMILES string of the molecule is CCCCC1C=CCN1C(=O)Nc1cccc(C(=O)N2CCC(C)CC2)c1. The molecule has 2 aliphatic rings. The van der Waals surface area contributed by atoms with E-state index in [1.54, 1.807) is 6.07 Å². The summed E-state index contributed by atoms with van der Waals surface area (Å²) in [5, 5.41) is 2.97. The molecule has 0 aromatic heterocycles. The zero-order valence-corrected chi connectivity index (χ0v) is 16.5. The maximum Gasteiger partial charge on any atom is 0.322 e. The van der Waals surface area contributed by atoms with Crippen molar-refractivity contribution in [3.05, 3.63) is 42.0 Å². The van der Waals surface area contributed by atoms with Crippen molar-refractivity contribution < 1.29 is 9.59 Å². The molecule has 1 N–H and O–H groups in total. The molecule has 2 aliphatic heterocycles. The summed E-state index contributed by atoms with van der Waals surface area (Å²) in [7, 11) is 0. The van der Waals surface area contributed by atoms with Crippen LogP contribution >= 0.6 is 0 Å². The molecule has 1 aromatic rings. The number of piperidine rings is 1. The molecule has 0 radical (unpaired) electrons. The largest absolute Gasteiger partial charge is 0.339 e. The molecular weight excluding hydrogens is 338 g/mol. The first-order chi connectivity index (χ1) is 13.1. The van der Waals surface area contributed by atoms with E-state index in [0.29, 0.717) is 23.7 Å². The summed E-state index contributed by atoms with van der Waals surface area (Å²) >= 11 is 0. The highest BCUT2D eigenvalue weighted by Gasteiger charge is 2.25. The van der Waals surface area contributed by atoms with E-state index < -0.39 is 0 Å². The second-order valence-electron chi connectivity index (χ2n) is 7.78. The number of carbonyl (C=O) groups excluding carboxylic acids is 2. The number of carbonyl (C=O) groups is 2. The van der Waals surface area contributed by atoms with Crippen molar-refractivity contribution in [2.75, 3.05) is 25.0 Å². The molecule has 27 heavy (non-hydrogen) atoms. The predicted molar refractivity (Wildman–Crippen MR) is 109 cm³/mol. The lowest BCUT2D eigenvalue weighted by Gasteiger charge is -2.30. The van der Waals surface area contributed by atoms with Crippen molar-refractivity contribution in [3.63, 3.8) is 0 Å². The van der Waals surface area contributed by atoms with Crippen LogP contribution in [0.4, 0.5) is 10.5 Å². The van der Waals surface area contributed by atoms with Gasteiger partial charge in [-0.1, -0.05) is 44.9 Å². The summed E-state index contributed by atoms with van der Waals surface area (Å²) in [4.78, 5) is 29.2. The molecular formula is C22H31N3O2. The van der Waals surface area contributed by atoms with Gasteiger partial charge in [-0.2, -0.15) is 0 Å². The van der Waals surface area contributed by atoms with Gasteiger partial charge in [-0.05, 0) is 43.4 Å². The highest BCUT2D eigenvalue weighted by atomic mass is 16.2. The number of unbranched alkanes of at least 4 members (excludes halogenated alkanes) is 1. The van der Waals surface area contributed by atoms with Crippen LogP contribution < -0.4 is 5.32 Å². The van der Waals surface area contributed by atoms with Crippen LogP contribution in [-0.4, -0.2) is 47.4 Å². The van der Waals surface area contributed by atoms with E-state index in [1.807, 2.05) is 28.0 Å². The van der Waals surface area contributed by atoms with E-state index in [2.05, 4.69) is 31.3 Å². The predicted octanol–water partition coefficient (Wildman–Crippen LogP) is 4.52. The Balaban J connectivity index is 1.62. The monoisotopic (exact) mass is 369 g/mol. The number of urea groups is 1. The minimum atomic E-state index is -0.0995. The van der Waals surface area contributed by atoms with Crippen LogP contribution in [0, 0.1) is 5.92 Å². The summed E-state index contributed by atoms with van der Waals surface area (Å²) in [6.07, 6.45) is 9.51. The fraction of sp³-hybridized carbons (Fsp3) is 0.545. The van der Waals surface area contributed by atoms with E-state index in [-0.39, 0.29) is 18.0 Å². The highest BCUT2D eigenvalue weighted by molar-refractivity contribution is 5.97. The molecule has 3 rings (SSSR count). The number of hydrogen-bond donors (Lipinski definition) is 1. The minimum absolute atomic E-state index is 0.0571. The number of anilines is 1. The quantitative estimate of drug-likeness (QED) is 0.776. The van der Waals surface area contributed by atoms with Crippen LogP contribution in [0.3, 0.4) is 0 Å². The van der Waals surface area contributed by atoms with Gasteiger partial charge in [-0.3, -0.25) is 4.79 Å². The van der Waals surface area contributed by atoms with Crippen molar-refractivity contribution >= 4 is 17.6 Å². The van der Waals surface area contributed by atoms with Crippen LogP contribution in [0.15, 0.2) is 36.4 Å². The standard InChI is InChI=1S/C22H31N3O2/c1-3-4-9-20-10-6-13-25(20)22(27)23-19-8-5-7-18(16-19)21(26)24-14-11-17(2)12-15-24/h5-8,10,16-17,20H,3-4,9,11-15H2,1-2H3,(H,23,27). The first kappa shape index (κ1) is 19.5. The Morgan fingerprint density at radius 1 is 1.22 bits per heavy atom. The average Bonchev–Trinajstić information content (AvgIpc) is 3.15. The Morgan fingerprint density at radius 2 is 2.00 bits per heavy atom. The zero-order valence-electron chi connectivity index (χ0n) is 16.5. The van der Waals surface area contributed by atoms with Crippen LogP contribution in [0.1, 0.15) is 56.3 Å². The fourth-order valence-corrected chi connectivity index (χ4v) is 3.79. The van der Waals surface area contributed by atoms with E-state index in [9.17, 15) is 9.59 Å². The molecule has 0 aliphatic carbocycles. The number of rotatable bonds is 5. The molecule has 0 saturated carbocycles. The summed E-state index contributed by atoms with van der Waals surface area (Å²) in [5.74, 6) is 0.746. The summed E-state index contributed by atoms with van der Waals surface area (Å²) in [5.41, 5.74) is 1.32. The second-order valence-corrected chi connectivity index (χ2v) is 7.78. The Bertz CT molecular complexity index is 693. The molecule has 5 heteroatoms. The molecule has 1 saturated heterocycles. The number of nitrogens with one attached hydrogen (secondary N) is 1. The normalized spacial score (nSPS) is 20.1. The van der Waals surface area contributed by atoms with Crippen molar-refractivity contribution in [1.82, 2.24) is 9.80 Å². The van der Waals surface area contributed by atoms with Crippen molar-refractivity contribution in [3.8, 4) is 0 Å². The molecule has 0 spiro atoms. The van der Waals surface area contributed by atoms with Gasteiger partial charge in [0, 0.05) is 30.9 Å². The molecule has 0 bridgehead atoms. The second kappa shape index (κ2) is 9.07. The third-order valence-electron chi connectivity index (χ3n) is 5.61. The number of amides is 3. The Morgan fingerprint density at radius 3 is 2.74 bits per heavy atom. The van der Waals surface area contributed by atoms with Crippen molar-refractivity contribution in [2.45, 2.75) is 52.0 Å². The maximum atomic E-state index is 12.8. The van der Waals surface area contributed by atoms with Crippen molar-refractivity contribution in [1.29, 1.82) is 0 Å². The molecule has 3 amide bonds. The van der Waals surface area contributed by atoms with Crippen LogP contribution in [-0.2, 0) is 0 Å².